The lowest BCUT2D eigenvalue weighted by Crippen LogP contribution is -2.45. The van der Waals surface area contributed by atoms with Crippen LogP contribution in [0.4, 0.5) is 0 Å². The van der Waals surface area contributed by atoms with Crippen molar-refractivity contribution < 1.29 is 13.2 Å². The van der Waals surface area contributed by atoms with Crippen molar-refractivity contribution in [3.05, 3.63) is 12.4 Å². The molecule has 0 radical (unpaired) electrons. The molecule has 1 atom stereocenters. The van der Waals surface area contributed by atoms with Gasteiger partial charge in [-0.25, -0.2) is 13.1 Å². The Morgan fingerprint density at radius 2 is 2.16 bits per heavy atom. The molecular weight excluding hydrogens is 268 g/mol. The maximum Gasteiger partial charge on any atom is 0.243 e. The average Bonchev–Trinajstić information content (AvgIpc) is 2.77. The summed E-state index contributed by atoms with van der Waals surface area (Å²) in [6, 6.07) is -0.150. The van der Waals surface area contributed by atoms with Crippen LogP contribution in [0.3, 0.4) is 0 Å². The van der Waals surface area contributed by atoms with Crippen LogP contribution < -0.4 is 4.72 Å². The highest BCUT2D eigenvalue weighted by atomic mass is 32.2. The number of hydrogen-bond acceptors (Lipinski definition) is 5. The molecule has 19 heavy (non-hydrogen) atoms. The van der Waals surface area contributed by atoms with E-state index in [1.807, 2.05) is 6.92 Å². The minimum Gasteiger partial charge on any atom is -0.379 e. The molecule has 1 aromatic rings. The monoisotopic (exact) mass is 288 g/mol. The van der Waals surface area contributed by atoms with Crippen LogP contribution >= 0.6 is 0 Å². The highest BCUT2D eigenvalue weighted by Crippen LogP contribution is 2.07. The Morgan fingerprint density at radius 3 is 2.74 bits per heavy atom. The first kappa shape index (κ1) is 14.4. The van der Waals surface area contributed by atoms with Crippen LogP contribution in [0.15, 0.2) is 17.3 Å². The van der Waals surface area contributed by atoms with Gasteiger partial charge in [0.25, 0.3) is 0 Å². The molecule has 1 saturated heterocycles. The number of hydrogen-bond donors (Lipinski definition) is 1. The van der Waals surface area contributed by atoms with Gasteiger partial charge in [0.05, 0.1) is 19.4 Å². The SMILES string of the molecule is C[C@H](CN1CCOCC1)NS(=O)(=O)c1cnn(C)c1. The molecule has 108 valence electrons. The van der Waals surface area contributed by atoms with Crippen molar-refractivity contribution in [3.8, 4) is 0 Å². The second-order valence-electron chi connectivity index (χ2n) is 4.79. The number of nitrogens with one attached hydrogen (secondary N) is 1. The third-order valence-corrected chi connectivity index (χ3v) is 4.53. The van der Waals surface area contributed by atoms with Crippen molar-refractivity contribution in [1.29, 1.82) is 0 Å². The Morgan fingerprint density at radius 1 is 1.47 bits per heavy atom. The Hall–Kier alpha value is -0.960. The zero-order valence-electron chi connectivity index (χ0n) is 11.2. The van der Waals surface area contributed by atoms with Gasteiger partial charge < -0.3 is 4.74 Å². The van der Waals surface area contributed by atoms with Gasteiger partial charge in [0.1, 0.15) is 4.90 Å². The molecule has 0 bridgehead atoms. The van der Waals surface area contributed by atoms with Crippen molar-refractivity contribution in [2.75, 3.05) is 32.8 Å². The molecule has 1 aromatic heterocycles. The molecule has 1 aliphatic rings. The van der Waals surface area contributed by atoms with Crippen LogP contribution in [-0.4, -0.2) is 62.0 Å². The van der Waals surface area contributed by atoms with E-state index in [2.05, 4.69) is 14.7 Å². The smallest absolute Gasteiger partial charge is 0.243 e. The Kier molecular flexibility index (Phi) is 4.56. The highest BCUT2D eigenvalue weighted by molar-refractivity contribution is 7.89. The maximum atomic E-state index is 12.1. The molecule has 8 heteroatoms. The lowest BCUT2D eigenvalue weighted by molar-refractivity contribution is 0.0354. The van der Waals surface area contributed by atoms with Gasteiger partial charge in [-0.2, -0.15) is 5.10 Å². The van der Waals surface area contributed by atoms with Crippen LogP contribution in [0, 0.1) is 0 Å². The van der Waals surface area contributed by atoms with Gasteiger partial charge in [-0.1, -0.05) is 0 Å². The number of aromatic nitrogens is 2. The summed E-state index contributed by atoms with van der Waals surface area (Å²) in [6.07, 6.45) is 2.84. The van der Waals surface area contributed by atoms with E-state index in [0.717, 1.165) is 13.1 Å². The van der Waals surface area contributed by atoms with Gasteiger partial charge >= 0.3 is 0 Å². The number of morpholine rings is 1. The summed E-state index contributed by atoms with van der Waals surface area (Å²) in [7, 11) is -1.79. The third kappa shape index (κ3) is 4.00. The van der Waals surface area contributed by atoms with E-state index in [0.29, 0.717) is 19.8 Å². The van der Waals surface area contributed by atoms with E-state index < -0.39 is 10.0 Å². The molecule has 2 rings (SSSR count). The van der Waals surface area contributed by atoms with Crippen LogP contribution in [0.1, 0.15) is 6.92 Å². The number of nitrogens with zero attached hydrogens (tertiary/aromatic N) is 3. The molecule has 0 amide bonds. The molecule has 0 aliphatic carbocycles. The van der Waals surface area contributed by atoms with Crippen molar-refractivity contribution in [2.24, 2.45) is 7.05 Å². The normalized spacial score (nSPS) is 19.5. The summed E-state index contributed by atoms with van der Waals surface area (Å²) in [4.78, 5) is 2.39. The zero-order valence-corrected chi connectivity index (χ0v) is 12.1. The first-order chi connectivity index (χ1) is 8.97. The molecule has 1 aliphatic heterocycles. The van der Waals surface area contributed by atoms with Crippen LogP contribution in [0.2, 0.25) is 0 Å². The number of aryl methyl sites for hydroxylation is 1. The zero-order chi connectivity index (χ0) is 13.9. The van der Waals surface area contributed by atoms with Crippen molar-refractivity contribution >= 4 is 10.0 Å². The summed E-state index contributed by atoms with van der Waals surface area (Å²) < 4.78 is 33.6. The standard InChI is InChI=1S/C11H20N4O3S/c1-10(8-15-3-5-18-6-4-15)13-19(16,17)11-7-12-14(2)9-11/h7,9-10,13H,3-6,8H2,1-2H3/t10-/m1/s1. The molecule has 1 fully saturated rings. The summed E-state index contributed by atoms with van der Waals surface area (Å²) in [5, 5.41) is 3.88. The summed E-state index contributed by atoms with van der Waals surface area (Å²) in [5.74, 6) is 0. The van der Waals surface area contributed by atoms with E-state index >= 15 is 0 Å². The minimum absolute atomic E-state index is 0.150. The van der Waals surface area contributed by atoms with E-state index in [9.17, 15) is 8.42 Å². The lowest BCUT2D eigenvalue weighted by atomic mass is 10.3. The second-order valence-corrected chi connectivity index (χ2v) is 6.50. The fourth-order valence-electron chi connectivity index (χ4n) is 2.08. The molecule has 0 aromatic carbocycles. The van der Waals surface area contributed by atoms with Gasteiger partial charge in [0.2, 0.25) is 10.0 Å². The molecule has 0 spiro atoms. The maximum absolute atomic E-state index is 12.1. The van der Waals surface area contributed by atoms with Crippen molar-refractivity contribution in [3.63, 3.8) is 0 Å². The van der Waals surface area contributed by atoms with Gasteiger partial charge in [-0.3, -0.25) is 9.58 Å². The molecular formula is C11H20N4O3S. The largest absolute Gasteiger partial charge is 0.379 e. The number of rotatable bonds is 5. The predicted octanol–water partition coefficient (Wildman–Crippen LogP) is -0.581. The minimum atomic E-state index is -3.48. The van der Waals surface area contributed by atoms with Gasteiger partial charge in [-0.15, -0.1) is 0 Å². The van der Waals surface area contributed by atoms with E-state index in [4.69, 9.17) is 4.74 Å². The summed E-state index contributed by atoms with van der Waals surface area (Å²) in [6.45, 7) is 5.66. The van der Waals surface area contributed by atoms with Gasteiger partial charge in [0.15, 0.2) is 0 Å². The van der Waals surface area contributed by atoms with Crippen LogP contribution in [0.5, 0.6) is 0 Å². The molecule has 7 nitrogen and oxygen atoms in total. The number of sulfonamides is 1. The van der Waals surface area contributed by atoms with Gasteiger partial charge in [0, 0.05) is 38.9 Å². The molecule has 0 saturated carbocycles. The molecule has 0 unspecified atom stereocenters. The Bertz CT molecular complexity index is 508. The molecule has 2 heterocycles. The Labute approximate surface area is 113 Å². The van der Waals surface area contributed by atoms with E-state index in [-0.39, 0.29) is 10.9 Å². The second kappa shape index (κ2) is 6.00. The summed E-state index contributed by atoms with van der Waals surface area (Å²) >= 11 is 0. The van der Waals surface area contributed by atoms with Crippen LogP contribution in [0.25, 0.3) is 0 Å². The number of ether oxygens (including phenoxy) is 1. The van der Waals surface area contributed by atoms with Crippen molar-refractivity contribution in [1.82, 2.24) is 19.4 Å². The first-order valence-corrected chi connectivity index (χ1v) is 7.77. The predicted molar refractivity (Wildman–Crippen MR) is 70.3 cm³/mol. The van der Waals surface area contributed by atoms with Crippen molar-refractivity contribution in [2.45, 2.75) is 17.9 Å². The van der Waals surface area contributed by atoms with E-state index in [1.54, 1.807) is 7.05 Å². The summed E-state index contributed by atoms with van der Waals surface area (Å²) in [5.41, 5.74) is 0. The molecule has 1 N–H and O–H groups in total. The van der Waals surface area contributed by atoms with E-state index in [1.165, 1.54) is 17.1 Å². The highest BCUT2D eigenvalue weighted by Gasteiger charge is 2.21. The van der Waals surface area contributed by atoms with Gasteiger partial charge in [-0.05, 0) is 6.92 Å². The average molecular weight is 288 g/mol. The first-order valence-electron chi connectivity index (χ1n) is 6.28. The fraction of sp³-hybridized carbons (Fsp3) is 0.727. The third-order valence-electron chi connectivity index (χ3n) is 2.98. The topological polar surface area (TPSA) is 76.5 Å². The Balaban J connectivity index is 1.92. The lowest BCUT2D eigenvalue weighted by Gasteiger charge is -2.29. The van der Waals surface area contributed by atoms with Crippen LogP contribution in [-0.2, 0) is 21.8 Å². The quantitative estimate of drug-likeness (QED) is 0.784. The fourth-order valence-corrected chi connectivity index (χ4v) is 3.30.